The van der Waals surface area contributed by atoms with Crippen molar-refractivity contribution >= 4 is 23.4 Å². The van der Waals surface area contributed by atoms with E-state index >= 15 is 0 Å². The number of ether oxygens (including phenoxy) is 1. The molecular weight excluding hydrogens is 230 g/mol. The lowest BCUT2D eigenvalue weighted by molar-refractivity contribution is -0.385. The normalized spacial score (nSPS) is 9.88. The molecule has 5 nitrogen and oxygen atoms in total. The molecule has 6 heteroatoms. The van der Waals surface area contributed by atoms with Crippen LogP contribution in [-0.2, 0) is 16.0 Å². The second-order valence-electron chi connectivity index (χ2n) is 3.00. The summed E-state index contributed by atoms with van der Waals surface area (Å²) in [7, 11) is 1.26. The van der Waals surface area contributed by atoms with Crippen molar-refractivity contribution in [3.8, 4) is 0 Å². The highest BCUT2D eigenvalue weighted by Crippen LogP contribution is 2.25. The zero-order valence-corrected chi connectivity index (χ0v) is 9.74. The van der Waals surface area contributed by atoms with Crippen molar-refractivity contribution in [3.05, 3.63) is 33.9 Å². The molecule has 0 aliphatic rings. The highest BCUT2D eigenvalue weighted by molar-refractivity contribution is 7.98. The van der Waals surface area contributed by atoms with Gasteiger partial charge in [-0.15, -0.1) is 11.8 Å². The van der Waals surface area contributed by atoms with Gasteiger partial charge in [-0.25, -0.2) is 0 Å². The molecule has 0 aliphatic heterocycles. The molecule has 0 atom stereocenters. The van der Waals surface area contributed by atoms with Gasteiger partial charge in [-0.2, -0.15) is 0 Å². The van der Waals surface area contributed by atoms with Crippen LogP contribution >= 0.6 is 11.8 Å². The number of benzene rings is 1. The third kappa shape index (κ3) is 2.96. The van der Waals surface area contributed by atoms with Crippen molar-refractivity contribution < 1.29 is 14.5 Å². The minimum absolute atomic E-state index is 0.0526. The van der Waals surface area contributed by atoms with Crippen molar-refractivity contribution in [1.29, 1.82) is 0 Å². The predicted molar refractivity (Wildman–Crippen MR) is 60.6 cm³/mol. The third-order valence-corrected chi connectivity index (χ3v) is 2.77. The summed E-state index contributed by atoms with van der Waals surface area (Å²) in [4.78, 5) is 22.2. The van der Waals surface area contributed by atoms with Gasteiger partial charge >= 0.3 is 5.97 Å². The standard InChI is InChI=1S/C10H11NO4S/c1-15-10(12)6-7-5-8(16-2)3-4-9(7)11(13)14/h3-5H,6H2,1-2H3. The number of hydrogen-bond donors (Lipinski definition) is 0. The molecule has 0 unspecified atom stereocenters. The zero-order valence-electron chi connectivity index (χ0n) is 8.93. The van der Waals surface area contributed by atoms with Gasteiger partial charge < -0.3 is 4.74 Å². The molecule has 0 N–H and O–H groups in total. The van der Waals surface area contributed by atoms with Crippen LogP contribution in [0.15, 0.2) is 23.1 Å². The van der Waals surface area contributed by atoms with Gasteiger partial charge in [0.15, 0.2) is 0 Å². The van der Waals surface area contributed by atoms with Gasteiger partial charge in [0.1, 0.15) is 0 Å². The van der Waals surface area contributed by atoms with Gasteiger partial charge in [0, 0.05) is 16.5 Å². The minimum atomic E-state index is -0.498. The van der Waals surface area contributed by atoms with Gasteiger partial charge in [-0.1, -0.05) is 0 Å². The Morgan fingerprint density at radius 1 is 1.56 bits per heavy atom. The lowest BCUT2D eigenvalue weighted by Crippen LogP contribution is -2.06. The van der Waals surface area contributed by atoms with E-state index in [9.17, 15) is 14.9 Å². The van der Waals surface area contributed by atoms with Crippen LogP contribution in [0.4, 0.5) is 5.69 Å². The molecule has 0 saturated carbocycles. The van der Waals surface area contributed by atoms with E-state index < -0.39 is 10.9 Å². The number of methoxy groups -OCH3 is 1. The van der Waals surface area contributed by atoms with E-state index in [-0.39, 0.29) is 12.1 Å². The van der Waals surface area contributed by atoms with Crippen LogP contribution in [0, 0.1) is 10.1 Å². The molecule has 0 amide bonds. The summed E-state index contributed by atoms with van der Waals surface area (Å²) in [5.41, 5.74) is 0.326. The average Bonchev–Trinajstić information content (AvgIpc) is 2.28. The molecule has 0 bridgehead atoms. The van der Waals surface area contributed by atoms with Gasteiger partial charge in [-0.3, -0.25) is 14.9 Å². The Morgan fingerprint density at radius 2 is 2.25 bits per heavy atom. The molecule has 0 saturated heterocycles. The number of nitro benzene ring substituents is 1. The van der Waals surface area contributed by atoms with Gasteiger partial charge in [0.05, 0.1) is 18.5 Å². The van der Waals surface area contributed by atoms with E-state index in [1.54, 1.807) is 12.1 Å². The molecular formula is C10H11NO4S. The van der Waals surface area contributed by atoms with Crippen molar-refractivity contribution in [1.82, 2.24) is 0 Å². The summed E-state index contributed by atoms with van der Waals surface area (Å²) in [6, 6.07) is 4.70. The molecule has 16 heavy (non-hydrogen) atoms. The molecule has 1 aromatic carbocycles. The van der Waals surface area contributed by atoms with Crippen LogP contribution in [0.5, 0.6) is 0 Å². The highest BCUT2D eigenvalue weighted by atomic mass is 32.2. The average molecular weight is 241 g/mol. The van der Waals surface area contributed by atoms with Crippen LogP contribution in [0.25, 0.3) is 0 Å². The number of carbonyl (C=O) groups excluding carboxylic acids is 1. The fourth-order valence-electron chi connectivity index (χ4n) is 1.24. The van der Waals surface area contributed by atoms with E-state index in [0.29, 0.717) is 5.56 Å². The first kappa shape index (κ1) is 12.5. The second-order valence-corrected chi connectivity index (χ2v) is 3.88. The number of esters is 1. The fourth-order valence-corrected chi connectivity index (χ4v) is 1.70. The number of carbonyl (C=O) groups is 1. The first-order chi connectivity index (χ1) is 7.58. The topological polar surface area (TPSA) is 69.4 Å². The van der Waals surface area contributed by atoms with Gasteiger partial charge in [0.2, 0.25) is 0 Å². The third-order valence-electron chi connectivity index (χ3n) is 2.05. The lowest BCUT2D eigenvalue weighted by Gasteiger charge is -2.03. The van der Waals surface area contributed by atoms with E-state index in [2.05, 4.69) is 4.74 Å². The Morgan fingerprint density at radius 3 is 2.75 bits per heavy atom. The highest BCUT2D eigenvalue weighted by Gasteiger charge is 2.17. The zero-order chi connectivity index (χ0) is 12.1. The quantitative estimate of drug-likeness (QED) is 0.349. The van der Waals surface area contributed by atoms with Gasteiger partial charge in [-0.05, 0) is 18.4 Å². The smallest absolute Gasteiger partial charge is 0.310 e. The van der Waals surface area contributed by atoms with Crippen molar-refractivity contribution in [2.75, 3.05) is 13.4 Å². The predicted octanol–water partition coefficient (Wildman–Crippen LogP) is 2.03. The molecule has 0 fully saturated rings. The molecule has 0 heterocycles. The van der Waals surface area contributed by atoms with Crippen molar-refractivity contribution in [2.24, 2.45) is 0 Å². The van der Waals surface area contributed by atoms with E-state index in [4.69, 9.17) is 0 Å². The van der Waals surface area contributed by atoms with Gasteiger partial charge in [0.25, 0.3) is 5.69 Å². The largest absolute Gasteiger partial charge is 0.469 e. The Kier molecular flexibility index (Phi) is 4.30. The van der Waals surface area contributed by atoms with Crippen LogP contribution in [0.2, 0.25) is 0 Å². The van der Waals surface area contributed by atoms with Crippen molar-refractivity contribution in [2.45, 2.75) is 11.3 Å². The van der Waals surface area contributed by atoms with Crippen molar-refractivity contribution in [3.63, 3.8) is 0 Å². The van der Waals surface area contributed by atoms with E-state index in [1.165, 1.54) is 24.9 Å². The van der Waals surface area contributed by atoms with Crippen LogP contribution < -0.4 is 0 Å². The fraction of sp³-hybridized carbons (Fsp3) is 0.300. The SMILES string of the molecule is COC(=O)Cc1cc(SC)ccc1[N+](=O)[O-]. The maximum Gasteiger partial charge on any atom is 0.310 e. The summed E-state index contributed by atoms with van der Waals surface area (Å²) in [5.74, 6) is -0.485. The molecule has 0 spiro atoms. The first-order valence-electron chi connectivity index (χ1n) is 4.46. The molecule has 0 aliphatic carbocycles. The molecule has 0 aromatic heterocycles. The Labute approximate surface area is 96.9 Å². The summed E-state index contributed by atoms with van der Waals surface area (Å²) < 4.78 is 4.49. The number of nitrogens with zero attached hydrogens (tertiary/aromatic N) is 1. The van der Waals surface area contributed by atoms with Crippen LogP contribution in [0.3, 0.4) is 0 Å². The summed E-state index contributed by atoms with van der Waals surface area (Å²) >= 11 is 1.46. The number of rotatable bonds is 4. The van der Waals surface area contributed by atoms with E-state index in [1.807, 2.05) is 6.26 Å². The summed E-state index contributed by atoms with van der Waals surface area (Å²) in [6.45, 7) is 0. The number of thioether (sulfide) groups is 1. The Hall–Kier alpha value is -1.56. The lowest BCUT2D eigenvalue weighted by atomic mass is 10.1. The number of nitro groups is 1. The Bertz CT molecular complexity index is 419. The summed E-state index contributed by atoms with van der Waals surface area (Å²) in [6.07, 6.45) is 1.78. The molecule has 0 radical (unpaired) electrons. The molecule has 86 valence electrons. The Balaban J connectivity index is 3.10. The first-order valence-corrected chi connectivity index (χ1v) is 5.69. The summed E-state index contributed by atoms with van der Waals surface area (Å²) in [5, 5.41) is 10.7. The minimum Gasteiger partial charge on any atom is -0.469 e. The monoisotopic (exact) mass is 241 g/mol. The molecule has 1 aromatic rings. The maximum absolute atomic E-state index is 11.1. The van der Waals surface area contributed by atoms with E-state index in [0.717, 1.165) is 4.90 Å². The second kappa shape index (κ2) is 5.50. The maximum atomic E-state index is 11.1. The van der Waals surface area contributed by atoms with Crippen LogP contribution in [0.1, 0.15) is 5.56 Å². The number of hydrogen-bond acceptors (Lipinski definition) is 5. The van der Waals surface area contributed by atoms with Crippen LogP contribution in [-0.4, -0.2) is 24.3 Å². The molecule has 1 rings (SSSR count).